The predicted octanol–water partition coefficient (Wildman–Crippen LogP) is 2.18. The summed E-state index contributed by atoms with van der Waals surface area (Å²) in [7, 11) is 3.33. The monoisotopic (exact) mass is 460 g/mol. The van der Waals surface area contributed by atoms with Gasteiger partial charge in [0.05, 0.1) is 25.6 Å². The molecule has 0 radical (unpaired) electrons. The summed E-state index contributed by atoms with van der Waals surface area (Å²) in [6.07, 6.45) is 4.23. The third-order valence-electron chi connectivity index (χ3n) is 7.82. The molecule has 2 aliphatic carbocycles. The first-order chi connectivity index (χ1) is 16.6. The second kappa shape index (κ2) is 8.13. The molecule has 0 spiro atoms. The molecule has 0 unspecified atom stereocenters. The number of aromatic nitrogens is 3. The maximum atomic E-state index is 13.3. The molecule has 1 saturated heterocycles. The van der Waals surface area contributed by atoms with Gasteiger partial charge in [-0.15, -0.1) is 0 Å². The Morgan fingerprint density at radius 3 is 2.68 bits per heavy atom. The zero-order valence-electron chi connectivity index (χ0n) is 19.5. The van der Waals surface area contributed by atoms with E-state index in [2.05, 4.69) is 27.0 Å². The van der Waals surface area contributed by atoms with Crippen molar-refractivity contribution in [1.29, 1.82) is 0 Å². The van der Waals surface area contributed by atoms with Gasteiger partial charge in [-0.05, 0) is 42.0 Å². The van der Waals surface area contributed by atoms with Crippen LogP contribution in [0.4, 0.5) is 0 Å². The molecular formula is C26H28N4O4. The first-order valence-corrected chi connectivity index (χ1v) is 11.9. The minimum absolute atomic E-state index is 0.231. The lowest BCUT2D eigenvalue weighted by molar-refractivity contribution is 0.302. The van der Waals surface area contributed by atoms with E-state index in [0.717, 1.165) is 37.2 Å². The quantitative estimate of drug-likeness (QED) is 0.491. The molecule has 34 heavy (non-hydrogen) atoms. The van der Waals surface area contributed by atoms with Crippen molar-refractivity contribution in [3.05, 3.63) is 73.6 Å². The van der Waals surface area contributed by atoms with Crippen LogP contribution in [-0.4, -0.2) is 53.3 Å². The number of pyridine rings is 1. The van der Waals surface area contributed by atoms with E-state index < -0.39 is 0 Å². The van der Waals surface area contributed by atoms with Crippen molar-refractivity contribution in [3.8, 4) is 22.9 Å². The Morgan fingerprint density at radius 1 is 1.03 bits per heavy atom. The molecule has 1 aliphatic heterocycles. The van der Waals surface area contributed by atoms with Crippen molar-refractivity contribution in [2.75, 3.05) is 33.9 Å². The number of likely N-dealkylation sites (tertiary alicyclic amines) is 1. The van der Waals surface area contributed by atoms with Crippen LogP contribution in [0.3, 0.4) is 0 Å². The van der Waals surface area contributed by atoms with Crippen LogP contribution in [0.1, 0.15) is 34.6 Å². The first kappa shape index (κ1) is 21.2. The Bertz CT molecular complexity index is 1390. The molecular weight excluding hydrogens is 432 g/mol. The molecule has 3 aliphatic rings. The number of H-pyrrole nitrogens is 1. The zero-order chi connectivity index (χ0) is 23.4. The molecule has 0 bridgehead atoms. The fourth-order valence-corrected chi connectivity index (χ4v) is 6.16. The largest absolute Gasteiger partial charge is 0.496 e. The molecule has 3 heterocycles. The maximum absolute atomic E-state index is 13.3. The molecule has 2 atom stereocenters. The fraction of sp³-hybridized carbons (Fsp3) is 0.423. The molecule has 8 nitrogen and oxygen atoms in total. The third-order valence-corrected chi connectivity index (χ3v) is 7.82. The van der Waals surface area contributed by atoms with Gasteiger partial charge in [0.15, 0.2) is 0 Å². The number of benzene rings is 1. The summed E-state index contributed by atoms with van der Waals surface area (Å²) in [5, 5.41) is 0. The molecule has 1 N–H and O–H groups in total. The SMILES string of the molecule is COc1cccc2c1CC[C@H]1CN(CCn3c(=O)[nH]c4c(c3=O)Cc3c(OC)ccnc3-4)C[C@@H]21. The van der Waals surface area contributed by atoms with Crippen LogP contribution in [0.2, 0.25) is 0 Å². The number of aromatic amines is 1. The van der Waals surface area contributed by atoms with E-state index in [1.165, 1.54) is 15.7 Å². The number of hydrogen-bond acceptors (Lipinski definition) is 6. The molecule has 3 aromatic rings. The average Bonchev–Trinajstić information content (AvgIpc) is 3.45. The number of methoxy groups -OCH3 is 2. The molecule has 1 aromatic carbocycles. The van der Waals surface area contributed by atoms with E-state index in [1.807, 2.05) is 6.07 Å². The van der Waals surface area contributed by atoms with Gasteiger partial charge in [-0.2, -0.15) is 0 Å². The summed E-state index contributed by atoms with van der Waals surface area (Å²) in [5.74, 6) is 2.74. The molecule has 176 valence electrons. The summed E-state index contributed by atoms with van der Waals surface area (Å²) in [5.41, 5.74) is 4.71. The number of ether oxygens (including phenoxy) is 2. The van der Waals surface area contributed by atoms with Gasteiger partial charge < -0.3 is 19.4 Å². The van der Waals surface area contributed by atoms with Crippen molar-refractivity contribution in [2.24, 2.45) is 5.92 Å². The minimum Gasteiger partial charge on any atom is -0.496 e. The van der Waals surface area contributed by atoms with E-state index in [4.69, 9.17) is 9.47 Å². The molecule has 1 fully saturated rings. The normalized spacial score (nSPS) is 20.4. The average molecular weight is 461 g/mol. The lowest BCUT2D eigenvalue weighted by Crippen LogP contribution is -2.40. The number of rotatable bonds is 5. The van der Waals surface area contributed by atoms with Crippen LogP contribution < -0.4 is 20.7 Å². The highest BCUT2D eigenvalue weighted by atomic mass is 16.5. The number of nitrogens with zero attached hydrogens (tertiary/aromatic N) is 3. The van der Waals surface area contributed by atoms with Crippen molar-refractivity contribution < 1.29 is 9.47 Å². The predicted molar refractivity (Wildman–Crippen MR) is 128 cm³/mol. The van der Waals surface area contributed by atoms with E-state index in [0.29, 0.717) is 54.0 Å². The van der Waals surface area contributed by atoms with Crippen LogP contribution in [0.25, 0.3) is 11.4 Å². The molecule has 6 rings (SSSR count). The Morgan fingerprint density at radius 2 is 1.85 bits per heavy atom. The van der Waals surface area contributed by atoms with Gasteiger partial charge in [-0.25, -0.2) is 4.79 Å². The number of hydrogen-bond donors (Lipinski definition) is 1. The van der Waals surface area contributed by atoms with Gasteiger partial charge >= 0.3 is 5.69 Å². The van der Waals surface area contributed by atoms with Crippen molar-refractivity contribution in [2.45, 2.75) is 31.7 Å². The zero-order valence-corrected chi connectivity index (χ0v) is 19.5. The second-order valence-electron chi connectivity index (χ2n) is 9.45. The van der Waals surface area contributed by atoms with Gasteiger partial charge in [0, 0.05) is 55.8 Å². The highest BCUT2D eigenvalue weighted by molar-refractivity contribution is 5.72. The lowest BCUT2D eigenvalue weighted by Gasteiger charge is -2.28. The van der Waals surface area contributed by atoms with Crippen LogP contribution >= 0.6 is 0 Å². The van der Waals surface area contributed by atoms with E-state index in [-0.39, 0.29) is 11.2 Å². The second-order valence-corrected chi connectivity index (χ2v) is 9.45. The fourth-order valence-electron chi connectivity index (χ4n) is 6.16. The van der Waals surface area contributed by atoms with Gasteiger partial charge in [0.2, 0.25) is 0 Å². The summed E-state index contributed by atoms with van der Waals surface area (Å²) in [6, 6.07) is 8.13. The Kier molecular flexibility index (Phi) is 5.06. The van der Waals surface area contributed by atoms with E-state index in [1.54, 1.807) is 26.5 Å². The van der Waals surface area contributed by atoms with Crippen LogP contribution in [0, 0.1) is 5.92 Å². The topological polar surface area (TPSA) is 89.5 Å². The van der Waals surface area contributed by atoms with E-state index >= 15 is 0 Å². The van der Waals surface area contributed by atoms with Crippen LogP contribution in [0.5, 0.6) is 11.5 Å². The summed E-state index contributed by atoms with van der Waals surface area (Å²) in [4.78, 5) is 35.8. The van der Waals surface area contributed by atoms with Gasteiger partial charge in [-0.1, -0.05) is 12.1 Å². The molecule has 8 heteroatoms. The van der Waals surface area contributed by atoms with Gasteiger partial charge in [0.25, 0.3) is 5.56 Å². The van der Waals surface area contributed by atoms with Crippen LogP contribution in [-0.2, 0) is 19.4 Å². The molecule has 0 amide bonds. The van der Waals surface area contributed by atoms with Crippen molar-refractivity contribution >= 4 is 0 Å². The molecule has 0 saturated carbocycles. The molecule has 2 aromatic heterocycles. The van der Waals surface area contributed by atoms with Crippen LogP contribution in [0.15, 0.2) is 40.1 Å². The van der Waals surface area contributed by atoms with Gasteiger partial charge in [-0.3, -0.25) is 14.3 Å². The van der Waals surface area contributed by atoms with E-state index in [9.17, 15) is 9.59 Å². The summed E-state index contributed by atoms with van der Waals surface area (Å²) in [6.45, 7) is 2.97. The Labute approximate surface area is 197 Å². The lowest BCUT2D eigenvalue weighted by atomic mass is 9.77. The number of fused-ring (bicyclic) bond motifs is 6. The number of nitrogens with one attached hydrogen (secondary N) is 1. The Balaban J connectivity index is 1.22. The highest BCUT2D eigenvalue weighted by Gasteiger charge is 2.38. The minimum atomic E-state index is -0.382. The van der Waals surface area contributed by atoms with Gasteiger partial charge in [0.1, 0.15) is 11.5 Å². The standard InChI is InChI=1S/C26H28N4O4/c1-33-21-5-3-4-16-17(21)7-6-15-13-29(14-20(15)16)10-11-30-25(31)19-12-18-22(34-2)8-9-27-23(18)24(19)28-26(30)32/h3-5,8-9,15,20H,6-7,10-14H2,1-2H3,(H,28,32)/t15-,20+/m0/s1. The maximum Gasteiger partial charge on any atom is 0.328 e. The third kappa shape index (κ3) is 3.20. The highest BCUT2D eigenvalue weighted by Crippen LogP contribution is 2.44. The first-order valence-electron chi connectivity index (χ1n) is 11.9. The Hall–Kier alpha value is -3.39. The van der Waals surface area contributed by atoms with Crippen molar-refractivity contribution in [1.82, 2.24) is 19.4 Å². The summed E-state index contributed by atoms with van der Waals surface area (Å²) < 4.78 is 12.4. The van der Waals surface area contributed by atoms with Crippen molar-refractivity contribution in [3.63, 3.8) is 0 Å². The smallest absolute Gasteiger partial charge is 0.328 e. The summed E-state index contributed by atoms with van der Waals surface area (Å²) >= 11 is 0.